The molecule has 0 saturated carbocycles. The van der Waals surface area contributed by atoms with E-state index in [2.05, 4.69) is 27.4 Å². The van der Waals surface area contributed by atoms with Crippen LogP contribution in [0.15, 0.2) is 66.8 Å². The van der Waals surface area contributed by atoms with Crippen molar-refractivity contribution < 1.29 is 18.3 Å². The molecular formula is C23H24F2N4O2. The van der Waals surface area contributed by atoms with Crippen molar-refractivity contribution in [3.05, 3.63) is 83.5 Å². The number of carbonyl (C=O) groups is 1. The van der Waals surface area contributed by atoms with Gasteiger partial charge in [0.25, 0.3) is 12.3 Å². The second-order valence-electron chi connectivity index (χ2n) is 7.59. The summed E-state index contributed by atoms with van der Waals surface area (Å²) >= 11 is 0. The Kier molecular flexibility index (Phi) is 6.11. The van der Waals surface area contributed by atoms with E-state index in [0.29, 0.717) is 18.9 Å². The maximum atomic E-state index is 13.0. The molecule has 2 aliphatic rings. The zero-order valence-corrected chi connectivity index (χ0v) is 17.1. The zero-order valence-electron chi connectivity index (χ0n) is 17.1. The number of pyridine rings is 1. The molecule has 1 saturated heterocycles. The fourth-order valence-electron chi connectivity index (χ4n) is 3.89. The molecule has 1 aromatic heterocycles. The number of amides is 1. The lowest BCUT2D eigenvalue weighted by molar-refractivity contribution is -0.00395. The number of ether oxygens (including phenoxy) is 1. The first kappa shape index (κ1) is 21.1. The van der Waals surface area contributed by atoms with Gasteiger partial charge in [0.1, 0.15) is 5.66 Å². The standard InChI is InChI=1S/C23H24F2N4O2/c1-23(29-9-11-31-12-10-29)20(16-5-7-26-8-6-16)14-19(15-27-23)28-22(30)18-4-2-3-17(13-18)21(24)25/h2-8,13-15,21,27H,9-12H2,1H3,(H,28,30). The number of hydrogen-bond donors (Lipinski definition) is 2. The molecular weight excluding hydrogens is 402 g/mol. The summed E-state index contributed by atoms with van der Waals surface area (Å²) in [5.74, 6) is -0.448. The Labute approximate surface area is 179 Å². The van der Waals surface area contributed by atoms with Crippen molar-refractivity contribution in [2.45, 2.75) is 19.0 Å². The number of nitrogens with one attached hydrogen (secondary N) is 2. The van der Waals surface area contributed by atoms with Gasteiger partial charge in [0.05, 0.1) is 18.9 Å². The summed E-state index contributed by atoms with van der Waals surface area (Å²) in [5.41, 5.74) is 1.97. The Balaban J connectivity index is 1.62. The lowest BCUT2D eigenvalue weighted by atomic mass is 9.89. The second-order valence-corrected chi connectivity index (χ2v) is 7.59. The van der Waals surface area contributed by atoms with Crippen molar-refractivity contribution in [1.29, 1.82) is 0 Å². The molecule has 1 unspecified atom stereocenters. The van der Waals surface area contributed by atoms with Crippen LogP contribution >= 0.6 is 0 Å². The van der Waals surface area contributed by atoms with Gasteiger partial charge in [-0.2, -0.15) is 0 Å². The quantitative estimate of drug-likeness (QED) is 0.768. The van der Waals surface area contributed by atoms with E-state index in [-0.39, 0.29) is 11.1 Å². The van der Waals surface area contributed by atoms with E-state index in [0.717, 1.165) is 24.2 Å². The number of benzene rings is 1. The first-order chi connectivity index (χ1) is 15.0. The molecule has 0 bridgehead atoms. The Morgan fingerprint density at radius 3 is 2.68 bits per heavy atom. The Morgan fingerprint density at radius 1 is 1.23 bits per heavy atom. The number of aromatic nitrogens is 1. The van der Waals surface area contributed by atoms with Gasteiger partial charge in [0, 0.05) is 48.4 Å². The summed E-state index contributed by atoms with van der Waals surface area (Å²) in [7, 11) is 0. The highest BCUT2D eigenvalue weighted by atomic mass is 19.3. The van der Waals surface area contributed by atoms with E-state index in [1.165, 1.54) is 24.3 Å². The first-order valence-electron chi connectivity index (χ1n) is 10.1. The molecule has 0 spiro atoms. The number of halogens is 2. The molecule has 3 heterocycles. The molecule has 2 N–H and O–H groups in total. The Hall–Kier alpha value is -3.10. The van der Waals surface area contributed by atoms with Gasteiger partial charge in [0.2, 0.25) is 0 Å². The van der Waals surface area contributed by atoms with Gasteiger partial charge in [-0.15, -0.1) is 0 Å². The monoisotopic (exact) mass is 426 g/mol. The maximum absolute atomic E-state index is 13.0. The number of morpholine rings is 1. The van der Waals surface area contributed by atoms with Crippen molar-refractivity contribution in [1.82, 2.24) is 20.5 Å². The molecule has 162 valence electrons. The van der Waals surface area contributed by atoms with E-state index in [9.17, 15) is 13.6 Å². The maximum Gasteiger partial charge on any atom is 0.263 e. The summed E-state index contributed by atoms with van der Waals surface area (Å²) in [6.45, 7) is 4.92. The second kappa shape index (κ2) is 8.95. The Morgan fingerprint density at radius 2 is 1.97 bits per heavy atom. The largest absolute Gasteiger partial charge is 0.379 e. The fraction of sp³-hybridized carbons (Fsp3) is 0.304. The molecule has 31 heavy (non-hydrogen) atoms. The number of allylic oxidation sites excluding steroid dienone is 1. The van der Waals surface area contributed by atoms with Gasteiger partial charge in [-0.25, -0.2) is 8.78 Å². The Bertz CT molecular complexity index is 1000. The smallest absolute Gasteiger partial charge is 0.263 e. The molecule has 0 radical (unpaired) electrons. The fourth-order valence-corrected chi connectivity index (χ4v) is 3.89. The van der Waals surface area contributed by atoms with Gasteiger partial charge in [-0.1, -0.05) is 12.1 Å². The van der Waals surface area contributed by atoms with E-state index in [4.69, 9.17) is 4.74 Å². The van der Waals surface area contributed by atoms with Crippen LogP contribution in [0.3, 0.4) is 0 Å². The predicted octanol–water partition coefficient (Wildman–Crippen LogP) is 3.33. The van der Waals surface area contributed by atoms with Crippen LogP contribution < -0.4 is 10.6 Å². The minimum absolute atomic E-state index is 0.180. The molecule has 2 aromatic rings. The van der Waals surface area contributed by atoms with Gasteiger partial charge < -0.3 is 15.4 Å². The molecule has 6 nitrogen and oxygen atoms in total. The van der Waals surface area contributed by atoms with Crippen LogP contribution in [0.5, 0.6) is 0 Å². The average molecular weight is 426 g/mol. The number of rotatable bonds is 5. The number of dihydropyridines is 1. The average Bonchev–Trinajstić information content (AvgIpc) is 2.81. The van der Waals surface area contributed by atoms with Crippen LogP contribution in [-0.2, 0) is 4.74 Å². The highest BCUT2D eigenvalue weighted by Gasteiger charge is 2.38. The zero-order chi connectivity index (χ0) is 21.8. The van der Waals surface area contributed by atoms with Crippen LogP contribution in [0.25, 0.3) is 5.57 Å². The van der Waals surface area contributed by atoms with E-state index in [1.807, 2.05) is 18.2 Å². The van der Waals surface area contributed by atoms with Crippen molar-refractivity contribution in [2.24, 2.45) is 0 Å². The van der Waals surface area contributed by atoms with Crippen molar-refractivity contribution >= 4 is 11.5 Å². The molecule has 4 rings (SSSR count). The molecule has 8 heteroatoms. The number of carbonyl (C=O) groups excluding carboxylic acids is 1. The summed E-state index contributed by atoms with van der Waals surface area (Å²) in [6.07, 6.45) is 4.48. The topological polar surface area (TPSA) is 66.5 Å². The molecule has 0 aliphatic carbocycles. The van der Waals surface area contributed by atoms with Crippen molar-refractivity contribution in [3.8, 4) is 0 Å². The highest BCUT2D eigenvalue weighted by molar-refractivity contribution is 5.96. The third-order valence-corrected chi connectivity index (χ3v) is 5.63. The summed E-state index contributed by atoms with van der Waals surface area (Å²) in [4.78, 5) is 19.1. The van der Waals surface area contributed by atoms with Gasteiger partial charge in [-0.3, -0.25) is 14.7 Å². The lowest BCUT2D eigenvalue weighted by Gasteiger charge is -2.46. The summed E-state index contributed by atoms with van der Waals surface area (Å²) in [6, 6.07) is 9.33. The molecule has 1 atom stereocenters. The third-order valence-electron chi connectivity index (χ3n) is 5.63. The lowest BCUT2D eigenvalue weighted by Crippen LogP contribution is -2.60. The number of alkyl halides is 2. The highest BCUT2D eigenvalue weighted by Crippen LogP contribution is 2.34. The van der Waals surface area contributed by atoms with Crippen LogP contribution in [0.2, 0.25) is 0 Å². The normalized spacial score (nSPS) is 21.8. The van der Waals surface area contributed by atoms with Gasteiger partial charge in [-0.05, 0) is 42.8 Å². The van der Waals surface area contributed by atoms with Crippen LogP contribution in [0, 0.1) is 0 Å². The van der Waals surface area contributed by atoms with Gasteiger partial charge in [0.15, 0.2) is 0 Å². The van der Waals surface area contributed by atoms with Crippen LogP contribution in [-0.4, -0.2) is 47.8 Å². The number of hydrogen-bond acceptors (Lipinski definition) is 5. The summed E-state index contributed by atoms with van der Waals surface area (Å²) in [5, 5.41) is 6.26. The van der Waals surface area contributed by atoms with Crippen LogP contribution in [0.4, 0.5) is 8.78 Å². The molecule has 1 fully saturated rings. The van der Waals surface area contributed by atoms with Crippen molar-refractivity contribution in [3.63, 3.8) is 0 Å². The van der Waals surface area contributed by atoms with E-state index >= 15 is 0 Å². The summed E-state index contributed by atoms with van der Waals surface area (Å²) < 4.78 is 31.5. The third kappa shape index (κ3) is 4.50. The molecule has 1 amide bonds. The van der Waals surface area contributed by atoms with Crippen LogP contribution in [0.1, 0.15) is 34.8 Å². The van der Waals surface area contributed by atoms with E-state index in [1.54, 1.807) is 18.6 Å². The SMILES string of the molecule is CC1(N2CCOCC2)NC=C(NC(=O)c2cccc(C(F)F)c2)C=C1c1ccncc1. The predicted molar refractivity (Wildman–Crippen MR) is 113 cm³/mol. The van der Waals surface area contributed by atoms with Gasteiger partial charge >= 0.3 is 0 Å². The molecule has 2 aliphatic heterocycles. The van der Waals surface area contributed by atoms with E-state index < -0.39 is 18.0 Å². The first-order valence-corrected chi connectivity index (χ1v) is 10.1. The molecule has 1 aromatic carbocycles. The minimum Gasteiger partial charge on any atom is -0.379 e. The minimum atomic E-state index is -2.63. The van der Waals surface area contributed by atoms with Crippen molar-refractivity contribution in [2.75, 3.05) is 26.3 Å². The number of nitrogens with zero attached hydrogens (tertiary/aromatic N) is 2.